The summed E-state index contributed by atoms with van der Waals surface area (Å²) in [6, 6.07) is 12.6. The molecule has 11 nitrogen and oxygen atoms in total. The minimum atomic E-state index is -2.07. The van der Waals surface area contributed by atoms with Crippen LogP contribution in [0.2, 0.25) is 0 Å². The van der Waals surface area contributed by atoms with Gasteiger partial charge in [0.2, 0.25) is 5.82 Å². The highest BCUT2D eigenvalue weighted by molar-refractivity contribution is 5.37. The minimum absolute atomic E-state index is 0.0130. The first-order chi connectivity index (χ1) is 15.0. The summed E-state index contributed by atoms with van der Waals surface area (Å²) < 4.78 is 26.4. The minimum Gasteiger partial charge on any atom is -0.497 e. The Morgan fingerprint density at radius 1 is 0.903 bits per heavy atom. The second-order valence-corrected chi connectivity index (χ2v) is 6.55. The van der Waals surface area contributed by atoms with E-state index in [2.05, 4.69) is 31.1 Å². The molecule has 159 valence electrons. The Morgan fingerprint density at radius 2 is 1.52 bits per heavy atom. The predicted octanol–water partition coefficient (Wildman–Crippen LogP) is 1.65. The van der Waals surface area contributed by atoms with Crippen LogP contribution in [0.1, 0.15) is 18.1 Å². The molecule has 12 heteroatoms. The van der Waals surface area contributed by atoms with Gasteiger partial charge in [0.25, 0.3) is 5.79 Å². The molecule has 0 saturated carbocycles. The van der Waals surface area contributed by atoms with E-state index >= 15 is 0 Å². The van der Waals surface area contributed by atoms with Crippen LogP contribution in [0.15, 0.2) is 48.5 Å². The topological polar surface area (TPSA) is 126 Å². The molecule has 0 bridgehead atoms. The molecule has 4 rings (SSSR count). The summed E-state index contributed by atoms with van der Waals surface area (Å²) >= 11 is 0. The van der Waals surface area contributed by atoms with Gasteiger partial charge < -0.3 is 9.47 Å². The van der Waals surface area contributed by atoms with Gasteiger partial charge in [-0.2, -0.15) is 14.5 Å². The Bertz CT molecular complexity index is 1150. The number of nitrogens with zero attached hydrogens (tertiary/aromatic N) is 8. The summed E-state index contributed by atoms with van der Waals surface area (Å²) in [6.07, 6.45) is 0.110. The zero-order chi connectivity index (χ0) is 21.8. The zero-order valence-electron chi connectivity index (χ0n) is 16.7. The van der Waals surface area contributed by atoms with Crippen molar-refractivity contribution in [3.8, 4) is 17.1 Å². The number of aromatic nitrogens is 8. The first kappa shape index (κ1) is 20.5. The monoisotopic (exact) mass is 425 g/mol. The molecule has 2 aromatic heterocycles. The summed E-state index contributed by atoms with van der Waals surface area (Å²) in [7, 11) is 2.85. The molecule has 0 amide bonds. The maximum absolute atomic E-state index is 13.5. The van der Waals surface area contributed by atoms with Crippen molar-refractivity contribution >= 4 is 0 Å². The molecule has 0 spiro atoms. The highest BCUT2D eigenvalue weighted by atomic mass is 19.1. The molecule has 2 aromatic carbocycles. The van der Waals surface area contributed by atoms with Gasteiger partial charge in [-0.3, -0.25) is 0 Å². The van der Waals surface area contributed by atoms with Crippen LogP contribution in [0, 0.1) is 5.82 Å². The molecule has 2 heterocycles. The SMILES string of the molecule is COc1ccc(-n2nnnc2C([O])(CCc2nnnn2-c2ccc(F)cc2)OC)cc1. The summed E-state index contributed by atoms with van der Waals surface area (Å²) in [5.74, 6) is -1.38. The van der Waals surface area contributed by atoms with E-state index in [4.69, 9.17) is 9.47 Å². The van der Waals surface area contributed by atoms with Crippen molar-refractivity contribution < 1.29 is 19.0 Å². The standard InChI is InChI=1S/C19H18FN8O3/c1-30-16-9-7-15(8-10-16)28-18(22-24-26-28)19(29,31-2)12-11-17-21-23-25-27(17)14-5-3-13(20)4-6-14/h3-10H,11-12H2,1-2H3. The second-order valence-electron chi connectivity index (χ2n) is 6.55. The van der Waals surface area contributed by atoms with Gasteiger partial charge in [-0.15, -0.1) is 10.2 Å². The van der Waals surface area contributed by atoms with Gasteiger partial charge in [-0.25, -0.2) is 4.39 Å². The van der Waals surface area contributed by atoms with Gasteiger partial charge in [0.15, 0.2) is 5.82 Å². The zero-order valence-corrected chi connectivity index (χ0v) is 16.7. The van der Waals surface area contributed by atoms with E-state index in [1.165, 1.54) is 28.6 Å². The first-order valence-corrected chi connectivity index (χ1v) is 9.26. The van der Waals surface area contributed by atoms with Crippen molar-refractivity contribution in [1.82, 2.24) is 40.4 Å². The lowest BCUT2D eigenvalue weighted by Gasteiger charge is -2.22. The molecule has 0 fully saturated rings. The Hall–Kier alpha value is -3.77. The van der Waals surface area contributed by atoms with Gasteiger partial charge in [0.1, 0.15) is 11.6 Å². The quantitative estimate of drug-likeness (QED) is 0.390. The third-order valence-corrected chi connectivity index (χ3v) is 4.74. The molecule has 31 heavy (non-hydrogen) atoms. The lowest BCUT2D eigenvalue weighted by Crippen LogP contribution is -2.31. The normalized spacial score (nSPS) is 13.2. The largest absolute Gasteiger partial charge is 0.497 e. The highest BCUT2D eigenvalue weighted by Gasteiger charge is 2.38. The van der Waals surface area contributed by atoms with E-state index in [0.29, 0.717) is 22.9 Å². The summed E-state index contributed by atoms with van der Waals surface area (Å²) in [4.78, 5) is 0. The van der Waals surface area contributed by atoms with Crippen molar-refractivity contribution in [1.29, 1.82) is 0 Å². The van der Waals surface area contributed by atoms with Gasteiger partial charge >= 0.3 is 0 Å². The van der Waals surface area contributed by atoms with Crippen LogP contribution in [0.3, 0.4) is 0 Å². The van der Waals surface area contributed by atoms with Crippen LogP contribution in [0.25, 0.3) is 11.4 Å². The van der Waals surface area contributed by atoms with E-state index in [-0.39, 0.29) is 24.5 Å². The molecular weight excluding hydrogens is 407 g/mol. The molecule has 0 aliphatic heterocycles. The van der Waals surface area contributed by atoms with Crippen molar-refractivity contribution in [2.45, 2.75) is 18.6 Å². The van der Waals surface area contributed by atoms with Gasteiger partial charge in [0.05, 0.1) is 18.5 Å². The molecule has 0 aliphatic carbocycles. The van der Waals surface area contributed by atoms with Crippen LogP contribution >= 0.6 is 0 Å². The molecule has 4 aromatic rings. The molecule has 0 aliphatic rings. The van der Waals surface area contributed by atoms with Gasteiger partial charge in [-0.05, 0) is 69.4 Å². The van der Waals surface area contributed by atoms with Gasteiger partial charge in [-0.1, -0.05) is 0 Å². The van der Waals surface area contributed by atoms with E-state index in [1.54, 1.807) is 43.5 Å². The third-order valence-electron chi connectivity index (χ3n) is 4.74. The Balaban J connectivity index is 1.58. The molecule has 0 N–H and O–H groups in total. The fourth-order valence-electron chi connectivity index (χ4n) is 3.05. The number of aryl methyl sites for hydroxylation is 1. The van der Waals surface area contributed by atoms with Crippen molar-refractivity contribution in [3.05, 3.63) is 66.0 Å². The van der Waals surface area contributed by atoms with Crippen LogP contribution in [0.4, 0.5) is 4.39 Å². The number of methoxy groups -OCH3 is 2. The number of halogens is 1. The fourth-order valence-corrected chi connectivity index (χ4v) is 3.05. The Kier molecular flexibility index (Phi) is 5.64. The molecule has 1 unspecified atom stereocenters. The Morgan fingerprint density at radius 3 is 2.19 bits per heavy atom. The molecule has 0 saturated heterocycles. The number of tetrazole rings is 2. The number of ether oxygens (including phenoxy) is 2. The van der Waals surface area contributed by atoms with Crippen LogP contribution in [-0.4, -0.2) is 54.6 Å². The van der Waals surface area contributed by atoms with Crippen molar-refractivity contribution in [2.24, 2.45) is 0 Å². The number of hydrogen-bond donors (Lipinski definition) is 0. The smallest absolute Gasteiger partial charge is 0.264 e. The lowest BCUT2D eigenvalue weighted by molar-refractivity contribution is -0.245. The van der Waals surface area contributed by atoms with E-state index in [9.17, 15) is 9.50 Å². The summed E-state index contributed by atoms with van der Waals surface area (Å²) in [5, 5.41) is 36.5. The van der Waals surface area contributed by atoms with Gasteiger partial charge in [0, 0.05) is 20.0 Å². The lowest BCUT2D eigenvalue weighted by atomic mass is 10.1. The summed E-state index contributed by atoms with van der Waals surface area (Å²) in [5.41, 5.74) is 1.15. The maximum Gasteiger partial charge on any atom is 0.264 e. The van der Waals surface area contributed by atoms with Crippen LogP contribution < -0.4 is 4.74 Å². The van der Waals surface area contributed by atoms with E-state index in [0.717, 1.165) is 0 Å². The average molecular weight is 425 g/mol. The first-order valence-electron chi connectivity index (χ1n) is 9.26. The predicted molar refractivity (Wildman–Crippen MR) is 103 cm³/mol. The van der Waals surface area contributed by atoms with Crippen molar-refractivity contribution in [3.63, 3.8) is 0 Å². The third kappa shape index (κ3) is 4.11. The van der Waals surface area contributed by atoms with Crippen LogP contribution in [0.5, 0.6) is 5.75 Å². The number of benzene rings is 2. The molecular formula is C19H18FN8O3. The maximum atomic E-state index is 13.5. The van der Waals surface area contributed by atoms with E-state index < -0.39 is 5.79 Å². The van der Waals surface area contributed by atoms with Crippen LogP contribution in [-0.2, 0) is 22.1 Å². The summed E-state index contributed by atoms with van der Waals surface area (Å²) in [6.45, 7) is 0. The molecule has 1 radical (unpaired) electrons. The number of rotatable bonds is 8. The van der Waals surface area contributed by atoms with E-state index in [1.807, 2.05) is 0 Å². The molecule has 1 atom stereocenters. The Labute approximate surface area is 176 Å². The highest BCUT2D eigenvalue weighted by Crippen LogP contribution is 2.28. The number of hydrogen-bond acceptors (Lipinski definition) is 8. The van der Waals surface area contributed by atoms with Crippen molar-refractivity contribution in [2.75, 3.05) is 14.2 Å². The second kappa shape index (κ2) is 8.53. The fraction of sp³-hybridized carbons (Fsp3) is 0.263. The average Bonchev–Trinajstić information content (AvgIpc) is 3.48.